The van der Waals surface area contributed by atoms with Gasteiger partial charge in [-0.25, -0.2) is 0 Å². The quantitative estimate of drug-likeness (QED) is 0.476. The molecule has 0 atom stereocenters. The third kappa shape index (κ3) is 5.86. The fourth-order valence-corrected chi connectivity index (χ4v) is 1.90. The molecule has 0 aromatic carbocycles. The molecule has 0 saturated heterocycles. The van der Waals surface area contributed by atoms with Crippen molar-refractivity contribution in [2.24, 2.45) is 0 Å². The summed E-state index contributed by atoms with van der Waals surface area (Å²) in [4.78, 5) is 0. The maximum atomic E-state index is 11.7. The molecule has 0 aliphatic heterocycles. The Hall–Kier alpha value is -0.310. The van der Waals surface area contributed by atoms with Crippen LogP contribution in [0.25, 0.3) is 0 Å². The second-order valence-electron chi connectivity index (χ2n) is 2.12. The minimum Gasteiger partial charge on any atom is -0.501 e. The highest BCUT2D eigenvalue weighted by atomic mass is 31.2. The maximum Gasteiger partial charge on any atom is 0.357 e. The summed E-state index contributed by atoms with van der Waals surface area (Å²) in [6.07, 6.45) is 1.35. The summed E-state index contributed by atoms with van der Waals surface area (Å²) in [5, 5.41) is 0. The molecule has 0 aliphatic carbocycles. The molecule has 0 unspecified atom stereocenters. The van der Waals surface area contributed by atoms with Gasteiger partial charge in [0.15, 0.2) is 0 Å². The lowest BCUT2D eigenvalue weighted by Crippen LogP contribution is -1.93. The lowest BCUT2D eigenvalue weighted by atomic mass is 10.9. The van der Waals surface area contributed by atoms with Crippen LogP contribution < -0.4 is 0 Å². The predicted molar refractivity (Wildman–Crippen MR) is 51.6 cm³/mol. The molecule has 0 rings (SSSR count). The average molecular weight is 208 g/mol. The van der Waals surface area contributed by atoms with Gasteiger partial charge >= 0.3 is 7.60 Å². The van der Waals surface area contributed by atoms with E-state index in [9.17, 15) is 4.57 Å². The van der Waals surface area contributed by atoms with Gasteiger partial charge in [0.1, 0.15) is 0 Å². The number of ether oxygens (including phenoxy) is 1. The maximum absolute atomic E-state index is 11.7. The predicted octanol–water partition coefficient (Wildman–Crippen LogP) is 2.76. The monoisotopic (exact) mass is 208 g/mol. The van der Waals surface area contributed by atoms with Crippen LogP contribution in [-0.4, -0.2) is 19.8 Å². The molecule has 4 nitrogen and oxygen atoms in total. The highest BCUT2D eigenvalue weighted by molar-refractivity contribution is 7.57. The van der Waals surface area contributed by atoms with Crippen molar-refractivity contribution in [3.63, 3.8) is 0 Å². The van der Waals surface area contributed by atoms with Crippen LogP contribution in [-0.2, 0) is 18.3 Å². The molecule has 0 fully saturated rings. The van der Waals surface area contributed by atoms with Crippen LogP contribution in [0, 0.1) is 0 Å². The van der Waals surface area contributed by atoms with E-state index in [0.29, 0.717) is 19.8 Å². The Bertz CT molecular complexity index is 181. The van der Waals surface area contributed by atoms with Gasteiger partial charge in [-0.3, -0.25) is 4.57 Å². The normalized spacial score (nSPS) is 12.2. The molecular weight excluding hydrogens is 191 g/mol. The van der Waals surface area contributed by atoms with Crippen LogP contribution in [0.1, 0.15) is 20.8 Å². The Balaban J connectivity index is 4.14. The third-order valence-electron chi connectivity index (χ3n) is 1.12. The largest absolute Gasteiger partial charge is 0.501 e. The van der Waals surface area contributed by atoms with Crippen LogP contribution in [0.2, 0.25) is 0 Å². The molecule has 0 saturated carbocycles. The van der Waals surface area contributed by atoms with Crippen molar-refractivity contribution in [2.75, 3.05) is 19.8 Å². The van der Waals surface area contributed by atoms with E-state index in [1.165, 1.54) is 12.1 Å². The van der Waals surface area contributed by atoms with E-state index in [4.69, 9.17) is 13.8 Å². The zero-order chi connectivity index (χ0) is 10.2. The highest BCUT2D eigenvalue weighted by Gasteiger charge is 2.18. The average Bonchev–Trinajstić information content (AvgIpc) is 2.05. The fraction of sp³-hybridized carbons (Fsp3) is 0.750. The fourth-order valence-electron chi connectivity index (χ4n) is 0.697. The molecule has 0 heterocycles. The van der Waals surface area contributed by atoms with Crippen LogP contribution in [0.3, 0.4) is 0 Å². The van der Waals surface area contributed by atoms with Gasteiger partial charge in [0.25, 0.3) is 0 Å². The topological polar surface area (TPSA) is 44.8 Å². The van der Waals surface area contributed by atoms with Crippen LogP contribution in [0.5, 0.6) is 0 Å². The molecule has 0 aromatic heterocycles. The minimum absolute atomic E-state index is 0.355. The molecule has 0 aromatic rings. The van der Waals surface area contributed by atoms with Crippen molar-refractivity contribution in [1.82, 2.24) is 0 Å². The number of rotatable bonds is 7. The summed E-state index contributed by atoms with van der Waals surface area (Å²) in [6, 6.07) is 0. The van der Waals surface area contributed by atoms with Crippen molar-refractivity contribution in [2.45, 2.75) is 20.8 Å². The Morgan fingerprint density at radius 1 is 1.08 bits per heavy atom. The van der Waals surface area contributed by atoms with Gasteiger partial charge in [0, 0.05) is 0 Å². The molecule has 0 radical (unpaired) electrons. The molecule has 0 bridgehead atoms. The van der Waals surface area contributed by atoms with Crippen molar-refractivity contribution < 1.29 is 18.3 Å². The standard InChI is InChI=1S/C8H17O4P/c1-4-10-7-8-13(9,11-5-2)12-6-3/h7-8H,4-6H2,1-3H3/b8-7-. The van der Waals surface area contributed by atoms with Crippen molar-refractivity contribution in [3.05, 3.63) is 12.1 Å². The molecule has 0 amide bonds. The molecule has 0 spiro atoms. The number of hydrogen-bond acceptors (Lipinski definition) is 4. The van der Waals surface area contributed by atoms with Crippen LogP contribution >= 0.6 is 7.60 Å². The summed E-state index contributed by atoms with van der Waals surface area (Å²) in [5.41, 5.74) is 0. The Morgan fingerprint density at radius 3 is 2.00 bits per heavy atom. The van der Waals surface area contributed by atoms with Gasteiger partial charge in [-0.05, 0) is 20.8 Å². The first-order chi connectivity index (χ1) is 6.18. The van der Waals surface area contributed by atoms with Gasteiger partial charge in [0.05, 0.1) is 31.9 Å². The zero-order valence-corrected chi connectivity index (χ0v) is 9.25. The minimum atomic E-state index is -3.05. The van der Waals surface area contributed by atoms with Gasteiger partial charge in [0.2, 0.25) is 0 Å². The Labute approximate surface area is 79.4 Å². The van der Waals surface area contributed by atoms with Gasteiger partial charge in [-0.15, -0.1) is 0 Å². The van der Waals surface area contributed by atoms with E-state index < -0.39 is 7.60 Å². The molecule has 78 valence electrons. The molecule has 0 N–H and O–H groups in total. The third-order valence-corrected chi connectivity index (χ3v) is 2.85. The Morgan fingerprint density at radius 2 is 1.62 bits per heavy atom. The van der Waals surface area contributed by atoms with Crippen LogP contribution in [0.4, 0.5) is 0 Å². The van der Waals surface area contributed by atoms with E-state index in [-0.39, 0.29) is 0 Å². The summed E-state index contributed by atoms with van der Waals surface area (Å²) >= 11 is 0. The first-order valence-corrected chi connectivity index (χ1v) is 5.97. The van der Waals surface area contributed by atoms with Crippen molar-refractivity contribution in [3.8, 4) is 0 Å². The zero-order valence-electron chi connectivity index (χ0n) is 8.36. The van der Waals surface area contributed by atoms with E-state index in [2.05, 4.69) is 0 Å². The molecule has 0 aliphatic rings. The van der Waals surface area contributed by atoms with Gasteiger partial charge < -0.3 is 13.8 Å². The van der Waals surface area contributed by atoms with E-state index in [1.807, 2.05) is 6.92 Å². The summed E-state index contributed by atoms with van der Waals surface area (Å²) < 4.78 is 26.6. The first-order valence-electron chi connectivity index (χ1n) is 4.36. The SMILES string of the molecule is CCO/C=C\P(=O)(OCC)OCC. The summed E-state index contributed by atoms with van der Waals surface area (Å²) in [6.45, 7) is 6.62. The van der Waals surface area contributed by atoms with Gasteiger partial charge in [-0.2, -0.15) is 0 Å². The summed E-state index contributed by atoms with van der Waals surface area (Å²) in [5.74, 6) is 1.34. The second-order valence-corrected chi connectivity index (χ2v) is 4.01. The number of hydrogen-bond donors (Lipinski definition) is 0. The lowest BCUT2D eigenvalue weighted by molar-refractivity contribution is 0.225. The molecule has 13 heavy (non-hydrogen) atoms. The van der Waals surface area contributed by atoms with Gasteiger partial charge in [-0.1, -0.05) is 0 Å². The van der Waals surface area contributed by atoms with E-state index in [1.54, 1.807) is 13.8 Å². The van der Waals surface area contributed by atoms with Crippen LogP contribution in [0.15, 0.2) is 12.1 Å². The van der Waals surface area contributed by atoms with E-state index in [0.717, 1.165) is 0 Å². The van der Waals surface area contributed by atoms with Crippen molar-refractivity contribution >= 4 is 7.60 Å². The Kier molecular flexibility index (Phi) is 6.96. The van der Waals surface area contributed by atoms with E-state index >= 15 is 0 Å². The highest BCUT2D eigenvalue weighted by Crippen LogP contribution is 2.49. The summed E-state index contributed by atoms with van der Waals surface area (Å²) in [7, 11) is -3.05. The smallest absolute Gasteiger partial charge is 0.357 e. The first kappa shape index (κ1) is 12.7. The lowest BCUT2D eigenvalue weighted by Gasteiger charge is -2.12. The molecule has 5 heteroatoms. The van der Waals surface area contributed by atoms with Crippen molar-refractivity contribution in [1.29, 1.82) is 0 Å². The molecular formula is C8H17O4P. The second kappa shape index (κ2) is 7.13.